The molecule has 0 bridgehead atoms. The van der Waals surface area contributed by atoms with E-state index in [1.54, 1.807) is 31.2 Å². The summed E-state index contributed by atoms with van der Waals surface area (Å²) in [6.45, 7) is 2.03. The number of carbonyl (C=O) groups excluding carboxylic acids is 2. The summed E-state index contributed by atoms with van der Waals surface area (Å²) in [6.07, 6.45) is 0.657. The Kier molecular flexibility index (Phi) is 7.09. The average molecular weight is 381 g/mol. The number of nitrogens with one attached hydrogen (secondary N) is 2. The standard InChI is InChI=1S/C19H19ClF2N2O2/c1-12(14-6-9-16(21)17(22)11-14)24-18(25)3-2-10-23-19(26)13-4-7-15(20)8-5-13/h4-9,11-12H,2-3,10H2,1H3,(H,23,26)(H,24,25). The number of hydrogen-bond donors (Lipinski definition) is 2. The Morgan fingerprint density at radius 3 is 2.42 bits per heavy atom. The van der Waals surface area contributed by atoms with Crippen molar-refractivity contribution in [3.63, 3.8) is 0 Å². The maximum absolute atomic E-state index is 13.2. The molecular weight excluding hydrogens is 362 g/mol. The number of halogens is 3. The number of amides is 2. The monoisotopic (exact) mass is 380 g/mol. The molecule has 2 amide bonds. The van der Waals surface area contributed by atoms with E-state index in [2.05, 4.69) is 10.6 Å². The number of rotatable bonds is 7. The molecule has 0 fully saturated rings. The second-order valence-corrected chi connectivity index (χ2v) is 6.27. The Labute approximate surface area is 155 Å². The van der Waals surface area contributed by atoms with Gasteiger partial charge in [0.2, 0.25) is 5.91 Å². The minimum absolute atomic E-state index is 0.203. The van der Waals surface area contributed by atoms with Crippen molar-refractivity contribution in [2.24, 2.45) is 0 Å². The lowest BCUT2D eigenvalue weighted by molar-refractivity contribution is -0.121. The van der Waals surface area contributed by atoms with Crippen LogP contribution in [0.5, 0.6) is 0 Å². The fraction of sp³-hybridized carbons (Fsp3) is 0.263. The van der Waals surface area contributed by atoms with Gasteiger partial charge in [0.15, 0.2) is 11.6 Å². The highest BCUT2D eigenvalue weighted by Crippen LogP contribution is 2.16. The van der Waals surface area contributed by atoms with Gasteiger partial charge in [0, 0.05) is 23.6 Å². The van der Waals surface area contributed by atoms with Crippen molar-refractivity contribution in [2.75, 3.05) is 6.54 Å². The summed E-state index contributed by atoms with van der Waals surface area (Å²) in [4.78, 5) is 23.8. The van der Waals surface area contributed by atoms with E-state index in [0.29, 0.717) is 29.1 Å². The molecule has 26 heavy (non-hydrogen) atoms. The lowest BCUT2D eigenvalue weighted by Crippen LogP contribution is -2.29. The fourth-order valence-corrected chi connectivity index (χ4v) is 2.46. The normalized spacial score (nSPS) is 11.7. The maximum atomic E-state index is 13.2. The van der Waals surface area contributed by atoms with Gasteiger partial charge < -0.3 is 10.6 Å². The van der Waals surface area contributed by atoms with Crippen molar-refractivity contribution in [1.29, 1.82) is 0 Å². The number of hydrogen-bond acceptors (Lipinski definition) is 2. The maximum Gasteiger partial charge on any atom is 0.251 e. The second kappa shape index (κ2) is 9.29. The van der Waals surface area contributed by atoms with Gasteiger partial charge in [0.1, 0.15) is 0 Å². The molecule has 0 radical (unpaired) electrons. The highest BCUT2D eigenvalue weighted by molar-refractivity contribution is 6.30. The summed E-state index contributed by atoms with van der Waals surface area (Å²) in [5.41, 5.74) is 0.971. The Balaban J connectivity index is 1.72. The van der Waals surface area contributed by atoms with E-state index in [1.807, 2.05) is 0 Å². The van der Waals surface area contributed by atoms with E-state index >= 15 is 0 Å². The molecule has 2 N–H and O–H groups in total. The highest BCUT2D eigenvalue weighted by Gasteiger charge is 2.12. The van der Waals surface area contributed by atoms with Crippen LogP contribution >= 0.6 is 11.6 Å². The molecule has 0 aliphatic rings. The lowest BCUT2D eigenvalue weighted by atomic mass is 10.1. The minimum Gasteiger partial charge on any atom is -0.352 e. The van der Waals surface area contributed by atoms with Gasteiger partial charge in [0.05, 0.1) is 6.04 Å². The van der Waals surface area contributed by atoms with E-state index in [4.69, 9.17) is 11.6 Å². The summed E-state index contributed by atoms with van der Waals surface area (Å²) >= 11 is 5.76. The van der Waals surface area contributed by atoms with Crippen molar-refractivity contribution in [2.45, 2.75) is 25.8 Å². The molecule has 7 heteroatoms. The van der Waals surface area contributed by atoms with Crippen LogP contribution in [0.1, 0.15) is 41.7 Å². The molecule has 0 spiro atoms. The first-order chi connectivity index (χ1) is 12.4. The van der Waals surface area contributed by atoms with Crippen LogP contribution in [0.3, 0.4) is 0 Å². The van der Waals surface area contributed by atoms with E-state index in [0.717, 1.165) is 12.1 Å². The van der Waals surface area contributed by atoms with Gasteiger partial charge in [-0.05, 0) is 55.3 Å². The predicted molar refractivity (Wildman–Crippen MR) is 95.9 cm³/mol. The molecule has 0 aliphatic heterocycles. The van der Waals surface area contributed by atoms with Crippen LogP contribution in [-0.2, 0) is 4.79 Å². The van der Waals surface area contributed by atoms with Crippen LogP contribution in [0.15, 0.2) is 42.5 Å². The SMILES string of the molecule is CC(NC(=O)CCCNC(=O)c1ccc(Cl)cc1)c1ccc(F)c(F)c1. The third-order valence-electron chi connectivity index (χ3n) is 3.79. The van der Waals surface area contributed by atoms with Gasteiger partial charge in [-0.3, -0.25) is 9.59 Å². The molecule has 2 aromatic rings. The Morgan fingerprint density at radius 2 is 1.77 bits per heavy atom. The zero-order chi connectivity index (χ0) is 19.1. The van der Waals surface area contributed by atoms with E-state index in [9.17, 15) is 18.4 Å². The van der Waals surface area contributed by atoms with Crippen molar-refractivity contribution < 1.29 is 18.4 Å². The lowest BCUT2D eigenvalue weighted by Gasteiger charge is -2.14. The molecule has 0 aliphatic carbocycles. The third-order valence-corrected chi connectivity index (χ3v) is 4.05. The van der Waals surface area contributed by atoms with Crippen LogP contribution in [0.2, 0.25) is 5.02 Å². The molecular formula is C19H19ClF2N2O2. The topological polar surface area (TPSA) is 58.2 Å². The number of benzene rings is 2. The number of carbonyl (C=O) groups is 2. The van der Waals surface area contributed by atoms with Crippen LogP contribution < -0.4 is 10.6 Å². The summed E-state index contributed by atoms with van der Waals surface area (Å²) in [7, 11) is 0. The van der Waals surface area contributed by atoms with Crippen LogP contribution in [0, 0.1) is 11.6 Å². The molecule has 0 heterocycles. The first-order valence-electron chi connectivity index (χ1n) is 8.15. The van der Waals surface area contributed by atoms with Crippen molar-refractivity contribution in [1.82, 2.24) is 10.6 Å². The zero-order valence-electron chi connectivity index (χ0n) is 14.2. The molecule has 138 valence electrons. The van der Waals surface area contributed by atoms with Crippen molar-refractivity contribution in [3.8, 4) is 0 Å². The van der Waals surface area contributed by atoms with Gasteiger partial charge in [-0.15, -0.1) is 0 Å². The summed E-state index contributed by atoms with van der Waals surface area (Å²) in [5.74, 6) is -2.35. The Bertz CT molecular complexity index is 782. The van der Waals surface area contributed by atoms with E-state index in [-0.39, 0.29) is 18.2 Å². The smallest absolute Gasteiger partial charge is 0.251 e. The van der Waals surface area contributed by atoms with Gasteiger partial charge in [0.25, 0.3) is 5.91 Å². The first-order valence-corrected chi connectivity index (χ1v) is 8.52. The Hall–Kier alpha value is -2.47. The van der Waals surface area contributed by atoms with Gasteiger partial charge in [-0.25, -0.2) is 8.78 Å². The third kappa shape index (κ3) is 5.81. The summed E-state index contributed by atoms with van der Waals surface area (Å²) < 4.78 is 26.2. The molecule has 1 atom stereocenters. The van der Waals surface area contributed by atoms with E-state index in [1.165, 1.54) is 6.07 Å². The molecule has 0 saturated carbocycles. The van der Waals surface area contributed by atoms with Gasteiger partial charge in [-0.1, -0.05) is 17.7 Å². The van der Waals surface area contributed by atoms with Crippen LogP contribution in [0.25, 0.3) is 0 Å². The first kappa shape index (κ1) is 19.8. The second-order valence-electron chi connectivity index (χ2n) is 5.83. The van der Waals surface area contributed by atoms with Crippen LogP contribution in [-0.4, -0.2) is 18.4 Å². The molecule has 2 rings (SSSR count). The summed E-state index contributed by atoms with van der Waals surface area (Å²) in [5, 5.41) is 5.98. The molecule has 0 aromatic heterocycles. The average Bonchev–Trinajstić information content (AvgIpc) is 2.61. The predicted octanol–water partition coefficient (Wildman–Crippen LogP) is 4.01. The zero-order valence-corrected chi connectivity index (χ0v) is 14.9. The quantitative estimate of drug-likeness (QED) is 0.713. The molecule has 4 nitrogen and oxygen atoms in total. The molecule has 0 saturated heterocycles. The van der Waals surface area contributed by atoms with Gasteiger partial charge >= 0.3 is 0 Å². The van der Waals surface area contributed by atoms with E-state index < -0.39 is 17.7 Å². The fourth-order valence-electron chi connectivity index (χ4n) is 2.33. The summed E-state index contributed by atoms with van der Waals surface area (Å²) in [6, 6.07) is 9.57. The Morgan fingerprint density at radius 1 is 1.08 bits per heavy atom. The van der Waals surface area contributed by atoms with Crippen molar-refractivity contribution >= 4 is 23.4 Å². The minimum atomic E-state index is -0.950. The molecule has 1 unspecified atom stereocenters. The highest BCUT2D eigenvalue weighted by atomic mass is 35.5. The molecule has 2 aromatic carbocycles. The van der Waals surface area contributed by atoms with Crippen LogP contribution in [0.4, 0.5) is 8.78 Å². The largest absolute Gasteiger partial charge is 0.352 e. The van der Waals surface area contributed by atoms with Gasteiger partial charge in [-0.2, -0.15) is 0 Å². The van der Waals surface area contributed by atoms with Crippen molar-refractivity contribution in [3.05, 3.63) is 70.2 Å².